The lowest BCUT2D eigenvalue weighted by Crippen LogP contribution is -2.42. The molecule has 1 aromatic heterocycles. The third kappa shape index (κ3) is 4.93. The van der Waals surface area contributed by atoms with E-state index in [9.17, 15) is 14.0 Å². The first-order valence-electron chi connectivity index (χ1n) is 10.5. The molecule has 2 aromatic carbocycles. The summed E-state index contributed by atoms with van der Waals surface area (Å²) >= 11 is 5.75. The number of hydrogen-bond donors (Lipinski definition) is 0. The van der Waals surface area contributed by atoms with Gasteiger partial charge in [0.25, 0.3) is 5.91 Å². The lowest BCUT2D eigenvalue weighted by Gasteiger charge is -2.32. The molecule has 0 N–H and O–H groups in total. The van der Waals surface area contributed by atoms with Gasteiger partial charge in [-0.25, -0.2) is 4.39 Å². The first-order valence-corrected chi connectivity index (χ1v) is 11.1. The smallest absolute Gasteiger partial charge is 0.290 e. The molecule has 0 unspecified atom stereocenters. The number of carbonyl (C=O) groups is 2. The van der Waals surface area contributed by atoms with Crippen molar-refractivity contribution in [2.24, 2.45) is 0 Å². The van der Waals surface area contributed by atoms with Crippen LogP contribution in [0.1, 0.15) is 35.4 Å². The minimum Gasteiger partial charge on any atom is -0.336 e. The van der Waals surface area contributed by atoms with Crippen LogP contribution in [0.15, 0.2) is 54.7 Å². The normalized spacial score (nSPS) is 14.7. The molecule has 160 valence electrons. The van der Waals surface area contributed by atoms with Gasteiger partial charge in [0, 0.05) is 37.0 Å². The Morgan fingerprint density at radius 1 is 1.03 bits per heavy atom. The summed E-state index contributed by atoms with van der Waals surface area (Å²) < 4.78 is 13.8. The van der Waals surface area contributed by atoms with Gasteiger partial charge in [-0.2, -0.15) is 0 Å². The number of rotatable bonds is 6. The Bertz CT molecular complexity index is 1090. The molecule has 1 fully saturated rings. The Morgan fingerprint density at radius 2 is 1.74 bits per heavy atom. The van der Waals surface area contributed by atoms with Crippen LogP contribution in [0.2, 0.25) is 0 Å². The number of Topliss-reactive ketones (excluding diaryl/α,β-unsaturated/α-hetero) is 1. The molecule has 0 bridgehead atoms. The minimum absolute atomic E-state index is 0.105. The quantitative estimate of drug-likeness (QED) is 0.415. The van der Waals surface area contributed by atoms with Crippen LogP contribution in [0.3, 0.4) is 0 Å². The Hall–Kier alpha value is -2.79. The van der Waals surface area contributed by atoms with Crippen LogP contribution < -0.4 is 0 Å². The van der Waals surface area contributed by atoms with E-state index in [4.69, 9.17) is 11.6 Å². The van der Waals surface area contributed by atoms with Gasteiger partial charge in [0.15, 0.2) is 0 Å². The molecular weight excluding hydrogens is 415 g/mol. The standard InChI is InChI=1S/C25H24ClFN2O2/c26-11-7-17-1-3-18(4-2-17)15-24(30)25(31)29-13-9-19(10-14-29)21-8-12-28-23-6-5-20(27)16-22(21)23/h1-6,8,12,16,19H,7,9-11,13-15H2. The van der Waals surface area contributed by atoms with Gasteiger partial charge in [0.2, 0.25) is 5.78 Å². The molecule has 1 amide bonds. The van der Waals surface area contributed by atoms with E-state index in [1.807, 2.05) is 30.3 Å². The van der Waals surface area contributed by atoms with Gasteiger partial charge in [-0.3, -0.25) is 14.6 Å². The fourth-order valence-corrected chi connectivity index (χ4v) is 4.48. The molecule has 0 atom stereocenters. The number of likely N-dealkylation sites (tertiary alicyclic amines) is 1. The molecule has 31 heavy (non-hydrogen) atoms. The largest absolute Gasteiger partial charge is 0.336 e. The fourth-order valence-electron chi connectivity index (χ4n) is 4.26. The first-order chi connectivity index (χ1) is 15.0. The maximum absolute atomic E-state index is 13.8. The van der Waals surface area contributed by atoms with Crippen molar-refractivity contribution in [2.45, 2.75) is 31.6 Å². The van der Waals surface area contributed by atoms with Gasteiger partial charge >= 0.3 is 0 Å². The summed E-state index contributed by atoms with van der Waals surface area (Å²) in [6.45, 7) is 1.03. The molecule has 6 heteroatoms. The highest BCUT2D eigenvalue weighted by Crippen LogP contribution is 2.32. The minimum atomic E-state index is -0.422. The molecule has 0 saturated carbocycles. The second kappa shape index (κ2) is 9.56. The van der Waals surface area contributed by atoms with E-state index in [0.29, 0.717) is 19.0 Å². The second-order valence-corrected chi connectivity index (χ2v) is 8.36. The third-order valence-corrected chi connectivity index (χ3v) is 6.16. The van der Waals surface area contributed by atoms with Crippen LogP contribution in [-0.4, -0.2) is 40.5 Å². The lowest BCUT2D eigenvalue weighted by atomic mass is 9.87. The topological polar surface area (TPSA) is 50.3 Å². The monoisotopic (exact) mass is 438 g/mol. The van der Waals surface area contributed by atoms with Crippen molar-refractivity contribution in [2.75, 3.05) is 19.0 Å². The summed E-state index contributed by atoms with van der Waals surface area (Å²) in [7, 11) is 0. The van der Waals surface area contributed by atoms with Crippen molar-refractivity contribution in [1.29, 1.82) is 0 Å². The summed E-state index contributed by atoms with van der Waals surface area (Å²) in [5.74, 6) is -0.331. The number of pyridine rings is 1. The number of alkyl halides is 1. The maximum Gasteiger partial charge on any atom is 0.290 e. The van der Waals surface area contributed by atoms with Crippen molar-refractivity contribution >= 4 is 34.2 Å². The molecule has 0 aliphatic carbocycles. The Kier molecular flexibility index (Phi) is 6.62. The van der Waals surface area contributed by atoms with E-state index in [1.165, 1.54) is 12.1 Å². The number of nitrogens with zero attached hydrogens (tertiary/aromatic N) is 2. The zero-order chi connectivity index (χ0) is 21.8. The SMILES string of the molecule is O=C(Cc1ccc(CCCl)cc1)C(=O)N1CCC(c2ccnc3ccc(F)cc23)CC1. The molecule has 1 aliphatic rings. The Labute approximate surface area is 186 Å². The molecule has 1 aliphatic heterocycles. The summed E-state index contributed by atoms with van der Waals surface area (Å²) in [6, 6.07) is 14.2. The number of aryl methyl sites for hydroxylation is 1. The predicted octanol–water partition coefficient (Wildman–Crippen LogP) is 4.67. The summed E-state index contributed by atoms with van der Waals surface area (Å²) in [5.41, 5.74) is 3.77. The highest BCUT2D eigenvalue weighted by molar-refractivity contribution is 6.36. The van der Waals surface area contributed by atoms with E-state index in [-0.39, 0.29) is 23.9 Å². The Morgan fingerprint density at radius 3 is 2.45 bits per heavy atom. The number of carbonyl (C=O) groups excluding carboxylic acids is 2. The predicted molar refractivity (Wildman–Crippen MR) is 120 cm³/mol. The van der Waals surface area contributed by atoms with Crippen LogP contribution in [-0.2, 0) is 22.4 Å². The van der Waals surface area contributed by atoms with Gasteiger partial charge in [-0.05, 0) is 66.1 Å². The highest BCUT2D eigenvalue weighted by atomic mass is 35.5. The van der Waals surface area contributed by atoms with Crippen molar-refractivity contribution in [1.82, 2.24) is 9.88 Å². The number of aromatic nitrogens is 1. The molecule has 2 heterocycles. The highest BCUT2D eigenvalue weighted by Gasteiger charge is 2.28. The number of piperidine rings is 1. The van der Waals surface area contributed by atoms with Gasteiger partial charge in [0.05, 0.1) is 5.52 Å². The van der Waals surface area contributed by atoms with Crippen LogP contribution in [0.4, 0.5) is 4.39 Å². The zero-order valence-electron chi connectivity index (χ0n) is 17.2. The van der Waals surface area contributed by atoms with Crippen molar-refractivity contribution in [3.63, 3.8) is 0 Å². The molecule has 4 rings (SSSR count). The molecule has 4 nitrogen and oxygen atoms in total. The van der Waals surface area contributed by atoms with Crippen molar-refractivity contribution in [3.8, 4) is 0 Å². The van der Waals surface area contributed by atoms with Gasteiger partial charge < -0.3 is 4.90 Å². The number of amides is 1. The average Bonchev–Trinajstić information content (AvgIpc) is 2.80. The van der Waals surface area contributed by atoms with Gasteiger partial charge in [-0.1, -0.05) is 24.3 Å². The number of halogens is 2. The van der Waals surface area contributed by atoms with E-state index in [0.717, 1.165) is 46.9 Å². The fraction of sp³-hybridized carbons (Fsp3) is 0.320. The third-order valence-electron chi connectivity index (χ3n) is 5.97. The van der Waals surface area contributed by atoms with Gasteiger partial charge in [-0.15, -0.1) is 11.6 Å². The number of ketones is 1. The number of fused-ring (bicyclic) bond motifs is 1. The summed E-state index contributed by atoms with van der Waals surface area (Å²) in [4.78, 5) is 31.2. The lowest BCUT2D eigenvalue weighted by molar-refractivity contribution is -0.145. The second-order valence-electron chi connectivity index (χ2n) is 7.98. The first kappa shape index (κ1) is 21.4. The van der Waals surface area contributed by atoms with Crippen LogP contribution in [0.5, 0.6) is 0 Å². The number of benzene rings is 2. The van der Waals surface area contributed by atoms with Crippen LogP contribution in [0, 0.1) is 5.82 Å². The summed E-state index contributed by atoms with van der Waals surface area (Å²) in [6.07, 6.45) is 4.11. The van der Waals surface area contributed by atoms with E-state index >= 15 is 0 Å². The molecule has 0 spiro atoms. The molecule has 1 saturated heterocycles. The molecular formula is C25H24ClFN2O2. The van der Waals surface area contributed by atoms with Crippen LogP contribution in [0.25, 0.3) is 10.9 Å². The van der Waals surface area contributed by atoms with E-state index < -0.39 is 5.91 Å². The summed E-state index contributed by atoms with van der Waals surface area (Å²) in [5, 5.41) is 0.820. The van der Waals surface area contributed by atoms with Gasteiger partial charge in [0.1, 0.15) is 5.82 Å². The molecule has 3 aromatic rings. The van der Waals surface area contributed by atoms with E-state index in [1.54, 1.807) is 17.2 Å². The van der Waals surface area contributed by atoms with Crippen LogP contribution >= 0.6 is 11.6 Å². The maximum atomic E-state index is 13.8. The van der Waals surface area contributed by atoms with Crippen molar-refractivity contribution in [3.05, 3.63) is 77.2 Å². The Balaban J connectivity index is 1.38. The average molecular weight is 439 g/mol. The van der Waals surface area contributed by atoms with E-state index in [2.05, 4.69) is 4.98 Å². The number of hydrogen-bond acceptors (Lipinski definition) is 3. The van der Waals surface area contributed by atoms with Crippen molar-refractivity contribution < 1.29 is 14.0 Å². The zero-order valence-corrected chi connectivity index (χ0v) is 17.9. The molecule has 0 radical (unpaired) electrons.